The summed E-state index contributed by atoms with van der Waals surface area (Å²) in [5.74, 6) is 1.04. The SMILES string of the molecule is CC[C@H](C)C(=O)N1CCN(c2ccc(NC(=O)c3ccc(C)cc3)cn2)CC1. The summed E-state index contributed by atoms with van der Waals surface area (Å²) >= 11 is 0. The number of amides is 2. The van der Waals surface area contributed by atoms with Gasteiger partial charge in [-0.05, 0) is 37.6 Å². The summed E-state index contributed by atoms with van der Waals surface area (Å²) in [5, 5.41) is 2.88. The van der Waals surface area contributed by atoms with Crippen LogP contribution in [0, 0.1) is 12.8 Å². The topological polar surface area (TPSA) is 65.5 Å². The van der Waals surface area contributed by atoms with Crippen LogP contribution in [0.2, 0.25) is 0 Å². The van der Waals surface area contributed by atoms with E-state index in [1.54, 1.807) is 6.20 Å². The fraction of sp³-hybridized carbons (Fsp3) is 0.409. The zero-order chi connectivity index (χ0) is 20.1. The Morgan fingerprint density at radius 2 is 1.75 bits per heavy atom. The number of piperazine rings is 1. The Bertz CT molecular complexity index is 809. The summed E-state index contributed by atoms with van der Waals surface area (Å²) in [6.07, 6.45) is 2.55. The van der Waals surface area contributed by atoms with Crippen molar-refractivity contribution in [1.82, 2.24) is 9.88 Å². The molecule has 2 heterocycles. The predicted octanol–water partition coefficient (Wildman–Crippen LogP) is 3.34. The van der Waals surface area contributed by atoms with Gasteiger partial charge in [0, 0.05) is 37.7 Å². The number of carbonyl (C=O) groups is 2. The van der Waals surface area contributed by atoms with Gasteiger partial charge >= 0.3 is 0 Å². The van der Waals surface area contributed by atoms with E-state index in [0.717, 1.165) is 44.0 Å². The summed E-state index contributed by atoms with van der Waals surface area (Å²) in [7, 11) is 0. The number of carbonyl (C=O) groups excluding carboxylic acids is 2. The molecule has 0 unspecified atom stereocenters. The first-order valence-electron chi connectivity index (χ1n) is 9.85. The number of nitrogens with one attached hydrogen (secondary N) is 1. The van der Waals surface area contributed by atoms with Crippen LogP contribution in [0.15, 0.2) is 42.6 Å². The normalized spacial score (nSPS) is 15.2. The van der Waals surface area contributed by atoms with Gasteiger partial charge in [-0.25, -0.2) is 4.98 Å². The molecule has 6 nitrogen and oxygen atoms in total. The molecule has 2 aromatic rings. The van der Waals surface area contributed by atoms with Gasteiger partial charge in [0.05, 0.1) is 11.9 Å². The molecule has 1 N–H and O–H groups in total. The van der Waals surface area contributed by atoms with Gasteiger partial charge in [0.2, 0.25) is 5.91 Å². The van der Waals surface area contributed by atoms with E-state index in [2.05, 4.69) is 15.2 Å². The van der Waals surface area contributed by atoms with Gasteiger partial charge in [-0.2, -0.15) is 0 Å². The minimum absolute atomic E-state index is 0.0844. The zero-order valence-corrected chi connectivity index (χ0v) is 16.8. The molecule has 1 saturated heterocycles. The van der Waals surface area contributed by atoms with Crippen molar-refractivity contribution in [2.45, 2.75) is 27.2 Å². The smallest absolute Gasteiger partial charge is 0.255 e. The van der Waals surface area contributed by atoms with E-state index in [0.29, 0.717) is 11.3 Å². The average molecular weight is 380 g/mol. The second-order valence-corrected chi connectivity index (χ2v) is 7.35. The minimum Gasteiger partial charge on any atom is -0.353 e. The van der Waals surface area contributed by atoms with Crippen molar-refractivity contribution in [3.8, 4) is 0 Å². The van der Waals surface area contributed by atoms with Gasteiger partial charge < -0.3 is 15.1 Å². The standard InChI is InChI=1S/C22H28N4O2/c1-4-17(3)22(28)26-13-11-25(12-14-26)20-10-9-19(15-23-20)24-21(27)18-7-5-16(2)6-8-18/h5-10,15,17H,4,11-14H2,1-3H3,(H,24,27)/t17-/m0/s1. The maximum Gasteiger partial charge on any atom is 0.255 e. The van der Waals surface area contributed by atoms with Crippen LogP contribution in [0.5, 0.6) is 0 Å². The van der Waals surface area contributed by atoms with E-state index < -0.39 is 0 Å². The molecule has 28 heavy (non-hydrogen) atoms. The van der Waals surface area contributed by atoms with Gasteiger partial charge in [0.25, 0.3) is 5.91 Å². The van der Waals surface area contributed by atoms with E-state index in [9.17, 15) is 9.59 Å². The quantitative estimate of drug-likeness (QED) is 0.864. The number of hydrogen-bond acceptors (Lipinski definition) is 4. The lowest BCUT2D eigenvalue weighted by molar-refractivity contribution is -0.135. The molecule has 3 rings (SSSR count). The van der Waals surface area contributed by atoms with Crippen molar-refractivity contribution in [2.24, 2.45) is 5.92 Å². The van der Waals surface area contributed by atoms with Crippen molar-refractivity contribution >= 4 is 23.3 Å². The lowest BCUT2D eigenvalue weighted by Crippen LogP contribution is -2.50. The highest BCUT2D eigenvalue weighted by molar-refractivity contribution is 6.04. The van der Waals surface area contributed by atoms with E-state index in [1.165, 1.54) is 0 Å². The molecule has 1 atom stereocenters. The number of pyridine rings is 1. The van der Waals surface area contributed by atoms with Gasteiger partial charge in [-0.15, -0.1) is 0 Å². The third-order valence-corrected chi connectivity index (χ3v) is 5.27. The Morgan fingerprint density at radius 1 is 1.07 bits per heavy atom. The number of anilines is 2. The van der Waals surface area contributed by atoms with Crippen molar-refractivity contribution < 1.29 is 9.59 Å². The van der Waals surface area contributed by atoms with Crippen molar-refractivity contribution in [3.63, 3.8) is 0 Å². The van der Waals surface area contributed by atoms with Gasteiger partial charge in [0.1, 0.15) is 5.82 Å². The molecule has 0 aliphatic carbocycles. The molecular formula is C22H28N4O2. The van der Waals surface area contributed by atoms with Crippen molar-refractivity contribution in [3.05, 3.63) is 53.7 Å². The van der Waals surface area contributed by atoms with Crippen LogP contribution in [0.3, 0.4) is 0 Å². The van der Waals surface area contributed by atoms with E-state index in [-0.39, 0.29) is 17.7 Å². The fourth-order valence-electron chi connectivity index (χ4n) is 3.20. The zero-order valence-electron chi connectivity index (χ0n) is 16.8. The number of aromatic nitrogens is 1. The first-order valence-corrected chi connectivity index (χ1v) is 9.85. The largest absolute Gasteiger partial charge is 0.353 e. The predicted molar refractivity (Wildman–Crippen MR) is 112 cm³/mol. The molecule has 1 aliphatic heterocycles. The Kier molecular flexibility index (Phi) is 6.29. The second kappa shape index (κ2) is 8.87. The number of nitrogens with zero attached hydrogens (tertiary/aromatic N) is 3. The summed E-state index contributed by atoms with van der Waals surface area (Å²) in [4.78, 5) is 33.2. The lowest BCUT2D eigenvalue weighted by atomic mass is 10.1. The first-order chi connectivity index (χ1) is 13.5. The Labute approximate surface area is 166 Å². The Morgan fingerprint density at radius 3 is 2.32 bits per heavy atom. The van der Waals surface area contributed by atoms with Crippen LogP contribution in [0.4, 0.5) is 11.5 Å². The van der Waals surface area contributed by atoms with Crippen LogP contribution in [-0.2, 0) is 4.79 Å². The highest BCUT2D eigenvalue weighted by Gasteiger charge is 2.24. The maximum absolute atomic E-state index is 12.3. The Balaban J connectivity index is 1.55. The maximum atomic E-state index is 12.3. The van der Waals surface area contributed by atoms with E-state index in [1.807, 2.05) is 62.1 Å². The molecule has 0 saturated carbocycles. The molecule has 2 amide bonds. The van der Waals surface area contributed by atoms with Crippen LogP contribution in [-0.4, -0.2) is 47.9 Å². The summed E-state index contributed by atoms with van der Waals surface area (Å²) in [6.45, 7) is 8.99. The number of hydrogen-bond donors (Lipinski definition) is 1. The summed E-state index contributed by atoms with van der Waals surface area (Å²) in [5.41, 5.74) is 2.41. The van der Waals surface area contributed by atoms with Gasteiger partial charge in [-0.3, -0.25) is 9.59 Å². The first kappa shape index (κ1) is 19.9. The molecule has 148 valence electrons. The van der Waals surface area contributed by atoms with Crippen LogP contribution in [0.25, 0.3) is 0 Å². The van der Waals surface area contributed by atoms with Crippen LogP contribution >= 0.6 is 0 Å². The monoisotopic (exact) mass is 380 g/mol. The number of rotatable bonds is 5. The molecule has 0 radical (unpaired) electrons. The Hall–Kier alpha value is -2.89. The molecule has 0 spiro atoms. The average Bonchev–Trinajstić information content (AvgIpc) is 2.73. The lowest BCUT2D eigenvalue weighted by Gasteiger charge is -2.36. The van der Waals surface area contributed by atoms with Crippen molar-refractivity contribution in [1.29, 1.82) is 0 Å². The fourth-order valence-corrected chi connectivity index (χ4v) is 3.20. The van der Waals surface area contributed by atoms with Crippen molar-refractivity contribution in [2.75, 3.05) is 36.4 Å². The van der Waals surface area contributed by atoms with E-state index in [4.69, 9.17) is 0 Å². The summed E-state index contributed by atoms with van der Waals surface area (Å²) < 4.78 is 0. The highest BCUT2D eigenvalue weighted by Crippen LogP contribution is 2.18. The van der Waals surface area contributed by atoms with E-state index >= 15 is 0 Å². The number of aryl methyl sites for hydroxylation is 1. The molecule has 1 aromatic carbocycles. The van der Waals surface area contributed by atoms with Gasteiger partial charge in [-0.1, -0.05) is 31.5 Å². The summed E-state index contributed by atoms with van der Waals surface area (Å²) in [6, 6.07) is 11.2. The van der Waals surface area contributed by atoms with Gasteiger partial charge in [0.15, 0.2) is 0 Å². The minimum atomic E-state index is -0.147. The number of benzene rings is 1. The third kappa shape index (κ3) is 4.68. The molecule has 6 heteroatoms. The molecule has 1 aliphatic rings. The van der Waals surface area contributed by atoms with Crippen LogP contribution in [0.1, 0.15) is 36.2 Å². The molecular weight excluding hydrogens is 352 g/mol. The highest BCUT2D eigenvalue weighted by atomic mass is 16.2. The van der Waals surface area contributed by atoms with Crippen LogP contribution < -0.4 is 10.2 Å². The molecule has 0 bridgehead atoms. The molecule has 1 aromatic heterocycles. The second-order valence-electron chi connectivity index (χ2n) is 7.35. The third-order valence-electron chi connectivity index (χ3n) is 5.27. The molecule has 1 fully saturated rings.